The molecule has 1 aromatic carbocycles. The SMILES string of the molecule is Cc1cccc(C)c1OCc1c(C(=O)O)nnn1CC(=O)O. The minimum atomic E-state index is -1.28. The Morgan fingerprint density at radius 2 is 1.86 bits per heavy atom. The fourth-order valence-corrected chi connectivity index (χ4v) is 2.06. The zero-order chi connectivity index (χ0) is 16.3. The molecule has 0 unspecified atom stereocenters. The van der Waals surface area contributed by atoms with Crippen molar-refractivity contribution in [2.75, 3.05) is 0 Å². The third kappa shape index (κ3) is 3.22. The molecule has 1 aromatic heterocycles. The Hall–Kier alpha value is -2.90. The molecule has 116 valence electrons. The van der Waals surface area contributed by atoms with Gasteiger partial charge in [0.05, 0.1) is 0 Å². The van der Waals surface area contributed by atoms with Crippen LogP contribution in [0.15, 0.2) is 18.2 Å². The van der Waals surface area contributed by atoms with Crippen molar-refractivity contribution < 1.29 is 24.5 Å². The van der Waals surface area contributed by atoms with Gasteiger partial charge >= 0.3 is 11.9 Å². The topological polar surface area (TPSA) is 115 Å². The van der Waals surface area contributed by atoms with Crippen molar-refractivity contribution >= 4 is 11.9 Å². The number of carboxylic acid groups (broad SMARTS) is 2. The Morgan fingerprint density at radius 3 is 2.41 bits per heavy atom. The number of nitrogens with zero attached hydrogens (tertiary/aromatic N) is 3. The quantitative estimate of drug-likeness (QED) is 0.825. The normalized spacial score (nSPS) is 10.5. The van der Waals surface area contributed by atoms with Crippen molar-refractivity contribution in [1.29, 1.82) is 0 Å². The molecule has 0 fully saturated rings. The average molecular weight is 305 g/mol. The molecule has 2 rings (SSSR count). The van der Waals surface area contributed by atoms with Gasteiger partial charge in [-0.3, -0.25) is 4.79 Å². The summed E-state index contributed by atoms with van der Waals surface area (Å²) in [4.78, 5) is 22.0. The molecular formula is C14H15N3O5. The van der Waals surface area contributed by atoms with Gasteiger partial charge in [0.15, 0.2) is 5.69 Å². The third-order valence-corrected chi connectivity index (χ3v) is 3.09. The molecule has 0 aliphatic rings. The Labute approximate surface area is 125 Å². The van der Waals surface area contributed by atoms with Gasteiger partial charge in [0.1, 0.15) is 24.6 Å². The lowest BCUT2D eigenvalue weighted by Gasteiger charge is -2.12. The number of aromatic nitrogens is 3. The summed E-state index contributed by atoms with van der Waals surface area (Å²) in [6.45, 7) is 3.12. The van der Waals surface area contributed by atoms with Crippen LogP contribution in [0.1, 0.15) is 27.3 Å². The van der Waals surface area contributed by atoms with E-state index in [0.29, 0.717) is 5.75 Å². The maximum absolute atomic E-state index is 11.1. The van der Waals surface area contributed by atoms with Crippen molar-refractivity contribution in [3.05, 3.63) is 40.7 Å². The molecule has 0 bridgehead atoms. The number of ether oxygens (including phenoxy) is 1. The summed E-state index contributed by atoms with van der Waals surface area (Å²) in [5.41, 5.74) is 1.59. The van der Waals surface area contributed by atoms with Gasteiger partial charge in [-0.2, -0.15) is 0 Å². The highest BCUT2D eigenvalue weighted by Crippen LogP contribution is 2.23. The number of aryl methyl sites for hydroxylation is 2. The number of para-hydroxylation sites is 1. The predicted octanol–water partition coefficient (Wildman–Crippen LogP) is 1.26. The summed E-state index contributed by atoms with van der Waals surface area (Å²) in [5.74, 6) is -1.80. The molecule has 8 nitrogen and oxygen atoms in total. The molecule has 0 aliphatic carbocycles. The monoisotopic (exact) mass is 305 g/mol. The molecule has 2 aromatic rings. The van der Waals surface area contributed by atoms with Crippen LogP contribution in [0.2, 0.25) is 0 Å². The van der Waals surface area contributed by atoms with Gasteiger partial charge in [-0.1, -0.05) is 23.4 Å². The summed E-state index contributed by atoms with van der Waals surface area (Å²) in [6, 6.07) is 5.62. The number of rotatable bonds is 6. The summed E-state index contributed by atoms with van der Waals surface area (Å²) >= 11 is 0. The van der Waals surface area contributed by atoms with E-state index in [-0.39, 0.29) is 18.0 Å². The summed E-state index contributed by atoms with van der Waals surface area (Å²) in [7, 11) is 0. The van der Waals surface area contributed by atoms with Crippen LogP contribution in [0.4, 0.5) is 0 Å². The molecule has 0 saturated heterocycles. The smallest absolute Gasteiger partial charge is 0.358 e. The standard InChI is InChI=1S/C14H15N3O5/c1-8-4-3-5-9(2)13(8)22-7-10-12(14(20)21)15-16-17(10)6-11(18)19/h3-5H,6-7H2,1-2H3,(H,18,19)(H,20,21). The molecule has 0 amide bonds. The number of carboxylic acids is 2. The van der Waals surface area contributed by atoms with E-state index >= 15 is 0 Å². The van der Waals surface area contributed by atoms with Crippen molar-refractivity contribution in [2.45, 2.75) is 27.0 Å². The van der Waals surface area contributed by atoms with Crippen LogP contribution in [-0.2, 0) is 17.9 Å². The molecule has 0 saturated carbocycles. The number of hydrogen-bond acceptors (Lipinski definition) is 5. The number of aliphatic carboxylic acids is 1. The minimum Gasteiger partial charge on any atom is -0.487 e. The lowest BCUT2D eigenvalue weighted by atomic mass is 10.1. The summed E-state index contributed by atoms with van der Waals surface area (Å²) < 4.78 is 6.68. The third-order valence-electron chi connectivity index (χ3n) is 3.09. The van der Waals surface area contributed by atoms with E-state index in [2.05, 4.69) is 10.3 Å². The Morgan fingerprint density at radius 1 is 1.23 bits per heavy atom. The van der Waals surface area contributed by atoms with Gasteiger partial charge in [-0.25, -0.2) is 9.48 Å². The minimum absolute atomic E-state index is 0.109. The first-order valence-corrected chi connectivity index (χ1v) is 6.46. The number of carbonyl (C=O) groups is 2. The lowest BCUT2D eigenvalue weighted by Crippen LogP contribution is -2.16. The van der Waals surface area contributed by atoms with E-state index in [1.54, 1.807) is 0 Å². The van der Waals surface area contributed by atoms with Gasteiger partial charge in [-0.05, 0) is 25.0 Å². The highest BCUT2D eigenvalue weighted by Gasteiger charge is 2.21. The second kappa shape index (κ2) is 6.25. The molecule has 0 spiro atoms. The van der Waals surface area contributed by atoms with Gasteiger partial charge in [0.2, 0.25) is 0 Å². The number of benzene rings is 1. The maximum Gasteiger partial charge on any atom is 0.358 e. The molecule has 0 aliphatic heterocycles. The van der Waals surface area contributed by atoms with Crippen LogP contribution in [0.3, 0.4) is 0 Å². The van der Waals surface area contributed by atoms with Crippen molar-refractivity contribution in [3.8, 4) is 5.75 Å². The van der Waals surface area contributed by atoms with Gasteiger partial charge in [0, 0.05) is 0 Å². The maximum atomic E-state index is 11.1. The van der Waals surface area contributed by atoms with Gasteiger partial charge < -0.3 is 14.9 Å². The molecule has 2 N–H and O–H groups in total. The van der Waals surface area contributed by atoms with Crippen LogP contribution in [-0.4, -0.2) is 37.1 Å². The van der Waals surface area contributed by atoms with E-state index in [1.807, 2.05) is 32.0 Å². The van der Waals surface area contributed by atoms with E-state index in [1.165, 1.54) is 0 Å². The molecule has 8 heteroatoms. The van der Waals surface area contributed by atoms with Crippen molar-refractivity contribution in [1.82, 2.24) is 15.0 Å². The van der Waals surface area contributed by atoms with E-state index < -0.39 is 18.5 Å². The Balaban J connectivity index is 2.30. The fourth-order valence-electron chi connectivity index (χ4n) is 2.06. The molecule has 0 radical (unpaired) electrons. The van der Waals surface area contributed by atoms with Crippen LogP contribution in [0, 0.1) is 13.8 Å². The molecule has 22 heavy (non-hydrogen) atoms. The summed E-state index contributed by atoms with van der Waals surface area (Å²) in [5, 5.41) is 25.0. The lowest BCUT2D eigenvalue weighted by molar-refractivity contribution is -0.138. The summed E-state index contributed by atoms with van der Waals surface area (Å²) in [6.07, 6.45) is 0. The predicted molar refractivity (Wildman–Crippen MR) is 74.9 cm³/mol. The highest BCUT2D eigenvalue weighted by molar-refractivity contribution is 5.86. The highest BCUT2D eigenvalue weighted by atomic mass is 16.5. The number of hydrogen-bond donors (Lipinski definition) is 2. The molecule has 1 heterocycles. The number of aromatic carboxylic acids is 1. The van der Waals surface area contributed by atoms with E-state index in [9.17, 15) is 9.59 Å². The fraction of sp³-hybridized carbons (Fsp3) is 0.286. The first-order valence-electron chi connectivity index (χ1n) is 6.46. The first kappa shape index (κ1) is 15.5. The van der Waals surface area contributed by atoms with Crippen LogP contribution in [0.25, 0.3) is 0 Å². The molecule has 0 atom stereocenters. The second-order valence-electron chi connectivity index (χ2n) is 4.75. The first-order chi connectivity index (χ1) is 10.4. The second-order valence-corrected chi connectivity index (χ2v) is 4.75. The van der Waals surface area contributed by atoms with E-state index in [0.717, 1.165) is 15.8 Å². The zero-order valence-corrected chi connectivity index (χ0v) is 12.1. The van der Waals surface area contributed by atoms with Crippen LogP contribution < -0.4 is 4.74 Å². The van der Waals surface area contributed by atoms with Crippen LogP contribution >= 0.6 is 0 Å². The average Bonchev–Trinajstić information content (AvgIpc) is 2.80. The van der Waals surface area contributed by atoms with Crippen molar-refractivity contribution in [2.24, 2.45) is 0 Å². The van der Waals surface area contributed by atoms with Gasteiger partial charge in [0.25, 0.3) is 0 Å². The van der Waals surface area contributed by atoms with Crippen molar-refractivity contribution in [3.63, 3.8) is 0 Å². The van der Waals surface area contributed by atoms with Crippen LogP contribution in [0.5, 0.6) is 5.75 Å². The van der Waals surface area contributed by atoms with E-state index in [4.69, 9.17) is 14.9 Å². The Bertz CT molecular complexity index is 703. The molecular weight excluding hydrogens is 290 g/mol. The van der Waals surface area contributed by atoms with Gasteiger partial charge in [-0.15, -0.1) is 5.10 Å². The largest absolute Gasteiger partial charge is 0.487 e. The zero-order valence-electron chi connectivity index (χ0n) is 12.1. The Kier molecular flexibility index (Phi) is 4.40.